The Morgan fingerprint density at radius 2 is 2.08 bits per heavy atom. The number of aromatic nitrogens is 2. The molecule has 24 heavy (non-hydrogen) atoms. The number of aromatic amines is 1. The van der Waals surface area contributed by atoms with E-state index in [-0.39, 0.29) is 30.2 Å². The molecule has 0 saturated carbocycles. The first kappa shape index (κ1) is 16.9. The van der Waals surface area contributed by atoms with E-state index in [1.807, 2.05) is 38.1 Å². The molecule has 0 radical (unpaired) electrons. The van der Waals surface area contributed by atoms with Gasteiger partial charge in [0.1, 0.15) is 5.82 Å². The second-order valence-electron chi connectivity index (χ2n) is 6.57. The highest BCUT2D eigenvalue weighted by Gasteiger charge is 2.36. The van der Waals surface area contributed by atoms with Gasteiger partial charge in [0.2, 0.25) is 5.91 Å². The molecular weight excluding hydrogens is 370 g/mol. The van der Waals surface area contributed by atoms with Gasteiger partial charge in [-0.2, -0.15) is 0 Å². The van der Waals surface area contributed by atoms with E-state index in [9.17, 15) is 9.59 Å². The summed E-state index contributed by atoms with van der Waals surface area (Å²) in [7, 11) is 0. The average molecular weight is 390 g/mol. The Bertz CT molecular complexity index is 752. The normalized spacial score (nSPS) is 17.8. The minimum atomic E-state index is -0.284. The first-order chi connectivity index (χ1) is 11.4. The topological polar surface area (TPSA) is 66.1 Å². The number of ketones is 1. The van der Waals surface area contributed by atoms with Gasteiger partial charge in [0.25, 0.3) is 0 Å². The van der Waals surface area contributed by atoms with Crippen molar-refractivity contribution in [1.29, 1.82) is 0 Å². The number of rotatable bonds is 4. The van der Waals surface area contributed by atoms with Gasteiger partial charge in [0, 0.05) is 17.3 Å². The minimum absolute atomic E-state index is 0.0161. The quantitative estimate of drug-likeness (QED) is 0.865. The Morgan fingerprint density at radius 3 is 2.75 bits per heavy atom. The lowest BCUT2D eigenvalue weighted by molar-refractivity contribution is -0.134. The molecule has 1 aromatic heterocycles. The zero-order valence-electron chi connectivity index (χ0n) is 13.8. The van der Waals surface area contributed by atoms with E-state index in [0.717, 1.165) is 15.7 Å². The van der Waals surface area contributed by atoms with Crippen LogP contribution in [0.3, 0.4) is 0 Å². The highest BCUT2D eigenvalue weighted by Crippen LogP contribution is 2.31. The van der Waals surface area contributed by atoms with Crippen LogP contribution in [0.25, 0.3) is 11.3 Å². The predicted molar refractivity (Wildman–Crippen MR) is 95.3 cm³/mol. The SMILES string of the molecule is CC(C)CC(=O)N1CC(=O)CC1c1ncc(-c2ccc(Br)cc2)[nH]1. The molecule has 1 fully saturated rings. The summed E-state index contributed by atoms with van der Waals surface area (Å²) in [5.41, 5.74) is 1.90. The van der Waals surface area contributed by atoms with Crippen LogP contribution >= 0.6 is 15.9 Å². The van der Waals surface area contributed by atoms with Gasteiger partial charge in [0.15, 0.2) is 5.78 Å². The van der Waals surface area contributed by atoms with E-state index in [1.165, 1.54) is 0 Å². The summed E-state index contributed by atoms with van der Waals surface area (Å²) in [6.45, 7) is 4.19. The number of likely N-dealkylation sites (tertiary alicyclic amines) is 1. The van der Waals surface area contributed by atoms with Crippen LogP contribution in [-0.4, -0.2) is 33.1 Å². The molecular formula is C18H20BrN3O2. The number of imidazole rings is 1. The van der Waals surface area contributed by atoms with Crippen LogP contribution in [0.4, 0.5) is 0 Å². The third kappa shape index (κ3) is 3.59. The van der Waals surface area contributed by atoms with Crippen LogP contribution in [0.2, 0.25) is 0 Å². The molecule has 0 bridgehead atoms. The summed E-state index contributed by atoms with van der Waals surface area (Å²) in [4.78, 5) is 33.7. The van der Waals surface area contributed by atoms with Gasteiger partial charge in [-0.3, -0.25) is 9.59 Å². The van der Waals surface area contributed by atoms with E-state index in [2.05, 4.69) is 25.9 Å². The van der Waals surface area contributed by atoms with Gasteiger partial charge in [-0.05, 0) is 23.6 Å². The van der Waals surface area contributed by atoms with Gasteiger partial charge >= 0.3 is 0 Å². The number of Topliss-reactive ketones (excluding diaryl/α,β-unsaturated/α-hetero) is 1. The fourth-order valence-corrected chi connectivity index (χ4v) is 3.21. The van der Waals surface area contributed by atoms with Crippen LogP contribution in [0, 0.1) is 5.92 Å². The second-order valence-corrected chi connectivity index (χ2v) is 7.48. The molecule has 1 aliphatic heterocycles. The van der Waals surface area contributed by atoms with Crippen molar-refractivity contribution in [2.75, 3.05) is 6.54 Å². The predicted octanol–water partition coefficient (Wildman–Crippen LogP) is 3.73. The Labute approximate surface area is 149 Å². The molecule has 1 aromatic carbocycles. The molecule has 2 aromatic rings. The summed E-state index contributed by atoms with van der Waals surface area (Å²) >= 11 is 3.42. The van der Waals surface area contributed by atoms with E-state index in [1.54, 1.807) is 11.1 Å². The number of nitrogens with zero attached hydrogens (tertiary/aromatic N) is 2. The van der Waals surface area contributed by atoms with E-state index >= 15 is 0 Å². The number of halogens is 1. The maximum atomic E-state index is 12.4. The lowest BCUT2D eigenvalue weighted by atomic mass is 10.1. The Morgan fingerprint density at radius 1 is 1.38 bits per heavy atom. The number of carbonyl (C=O) groups excluding carboxylic acids is 2. The average Bonchev–Trinajstić information content (AvgIpc) is 3.13. The Balaban J connectivity index is 1.83. The van der Waals surface area contributed by atoms with Gasteiger partial charge in [0.05, 0.1) is 24.5 Å². The van der Waals surface area contributed by atoms with Crippen molar-refractivity contribution in [3.05, 3.63) is 40.8 Å². The number of hydrogen-bond donors (Lipinski definition) is 1. The molecule has 1 amide bonds. The van der Waals surface area contributed by atoms with Crippen molar-refractivity contribution in [2.45, 2.75) is 32.7 Å². The van der Waals surface area contributed by atoms with Crippen LogP contribution in [0.5, 0.6) is 0 Å². The molecule has 126 valence electrons. The molecule has 1 aliphatic rings. The smallest absolute Gasteiger partial charge is 0.223 e. The molecule has 2 heterocycles. The lowest BCUT2D eigenvalue weighted by Gasteiger charge is -2.23. The molecule has 1 unspecified atom stereocenters. The number of amides is 1. The maximum absolute atomic E-state index is 12.4. The zero-order chi connectivity index (χ0) is 17.3. The van der Waals surface area contributed by atoms with Crippen molar-refractivity contribution in [1.82, 2.24) is 14.9 Å². The fourth-order valence-electron chi connectivity index (χ4n) is 2.95. The standard InChI is InChI=1S/C18H20BrN3O2/c1-11(2)7-17(24)22-10-14(23)8-16(22)18-20-9-15(21-18)12-3-5-13(19)6-4-12/h3-6,9,11,16H,7-8,10H2,1-2H3,(H,20,21). The van der Waals surface area contributed by atoms with Crippen molar-refractivity contribution >= 4 is 27.6 Å². The third-order valence-corrected chi connectivity index (χ3v) is 4.64. The molecule has 3 rings (SSSR count). The second kappa shape index (κ2) is 6.89. The number of benzene rings is 1. The fraction of sp³-hybridized carbons (Fsp3) is 0.389. The summed E-state index contributed by atoms with van der Waals surface area (Å²) in [6, 6.07) is 7.62. The zero-order valence-corrected chi connectivity index (χ0v) is 15.3. The van der Waals surface area contributed by atoms with Crippen molar-refractivity contribution in [3.63, 3.8) is 0 Å². The summed E-state index contributed by atoms with van der Waals surface area (Å²) in [6.07, 6.45) is 2.54. The molecule has 0 spiro atoms. The summed E-state index contributed by atoms with van der Waals surface area (Å²) in [5, 5.41) is 0. The summed E-state index contributed by atoms with van der Waals surface area (Å²) in [5.74, 6) is 1.04. The van der Waals surface area contributed by atoms with Gasteiger partial charge in [-0.25, -0.2) is 4.98 Å². The lowest BCUT2D eigenvalue weighted by Crippen LogP contribution is -2.32. The highest BCUT2D eigenvalue weighted by molar-refractivity contribution is 9.10. The molecule has 1 atom stereocenters. The van der Waals surface area contributed by atoms with Crippen LogP contribution in [0.15, 0.2) is 34.9 Å². The Hall–Kier alpha value is -1.95. The first-order valence-corrected chi connectivity index (χ1v) is 8.85. The first-order valence-electron chi connectivity index (χ1n) is 8.06. The van der Waals surface area contributed by atoms with E-state index < -0.39 is 0 Å². The number of nitrogens with one attached hydrogen (secondary N) is 1. The number of H-pyrrole nitrogens is 1. The molecule has 1 saturated heterocycles. The number of hydrogen-bond acceptors (Lipinski definition) is 3. The monoisotopic (exact) mass is 389 g/mol. The molecule has 0 aliphatic carbocycles. The largest absolute Gasteiger partial charge is 0.340 e. The Kier molecular flexibility index (Phi) is 4.85. The van der Waals surface area contributed by atoms with E-state index in [0.29, 0.717) is 18.7 Å². The van der Waals surface area contributed by atoms with Gasteiger partial charge < -0.3 is 9.88 Å². The number of carbonyl (C=O) groups is 2. The minimum Gasteiger partial charge on any atom is -0.340 e. The molecule has 5 nitrogen and oxygen atoms in total. The van der Waals surface area contributed by atoms with Crippen LogP contribution in [0.1, 0.15) is 38.6 Å². The third-order valence-electron chi connectivity index (χ3n) is 4.11. The maximum Gasteiger partial charge on any atom is 0.223 e. The van der Waals surface area contributed by atoms with Crippen molar-refractivity contribution in [2.24, 2.45) is 5.92 Å². The van der Waals surface area contributed by atoms with Crippen molar-refractivity contribution in [3.8, 4) is 11.3 Å². The van der Waals surface area contributed by atoms with E-state index in [4.69, 9.17) is 0 Å². The molecule has 1 N–H and O–H groups in total. The highest BCUT2D eigenvalue weighted by atomic mass is 79.9. The molecule has 6 heteroatoms. The van der Waals surface area contributed by atoms with Crippen LogP contribution in [-0.2, 0) is 9.59 Å². The van der Waals surface area contributed by atoms with Gasteiger partial charge in [-0.1, -0.05) is 41.9 Å². The summed E-state index contributed by atoms with van der Waals surface area (Å²) < 4.78 is 1.01. The van der Waals surface area contributed by atoms with Crippen LogP contribution < -0.4 is 0 Å². The van der Waals surface area contributed by atoms with Gasteiger partial charge in [-0.15, -0.1) is 0 Å². The van der Waals surface area contributed by atoms with Crippen molar-refractivity contribution < 1.29 is 9.59 Å².